The third kappa shape index (κ3) is 3.53. The maximum atomic E-state index is 5.43. The van der Waals surface area contributed by atoms with Crippen molar-refractivity contribution in [2.24, 2.45) is 5.73 Å². The van der Waals surface area contributed by atoms with Gasteiger partial charge in [-0.25, -0.2) is 0 Å². The summed E-state index contributed by atoms with van der Waals surface area (Å²) in [6.45, 7) is 4.46. The van der Waals surface area contributed by atoms with Gasteiger partial charge in [-0.2, -0.15) is 0 Å². The van der Waals surface area contributed by atoms with Crippen molar-refractivity contribution in [3.63, 3.8) is 0 Å². The number of nitrogens with one attached hydrogen (secondary N) is 1. The summed E-state index contributed by atoms with van der Waals surface area (Å²) in [6, 6.07) is 6.31. The fourth-order valence-corrected chi connectivity index (χ4v) is 1.52. The average molecular weight is 208 g/mol. The van der Waals surface area contributed by atoms with Crippen LogP contribution in [-0.2, 0) is 13.0 Å². The van der Waals surface area contributed by atoms with Gasteiger partial charge >= 0.3 is 0 Å². The molecule has 1 aromatic rings. The minimum absolute atomic E-state index is 0.662. The lowest BCUT2D eigenvalue weighted by Crippen LogP contribution is -2.22. The molecular formula is C12H20N2O. The smallest absolute Gasteiger partial charge is 0.123 e. The first-order valence-electron chi connectivity index (χ1n) is 5.38. The standard InChI is InChI=1S/C12H20N2O/c1-3-10-4-5-12(15-2)11(8-10)9-14-7-6-13/h4-5,8,14H,3,6-7,9,13H2,1-2H3. The Labute approximate surface area is 91.6 Å². The second-order valence-electron chi connectivity index (χ2n) is 3.47. The van der Waals surface area contributed by atoms with E-state index >= 15 is 0 Å². The van der Waals surface area contributed by atoms with Gasteiger partial charge in [0.15, 0.2) is 0 Å². The number of nitrogens with two attached hydrogens (primary N) is 1. The molecule has 3 nitrogen and oxygen atoms in total. The molecule has 15 heavy (non-hydrogen) atoms. The number of methoxy groups -OCH3 is 1. The summed E-state index contributed by atoms with van der Waals surface area (Å²) < 4.78 is 5.30. The minimum Gasteiger partial charge on any atom is -0.496 e. The number of hydrogen-bond donors (Lipinski definition) is 2. The molecule has 0 aliphatic heterocycles. The van der Waals surface area contributed by atoms with Crippen LogP contribution in [0.15, 0.2) is 18.2 Å². The zero-order valence-electron chi connectivity index (χ0n) is 9.55. The molecule has 0 atom stereocenters. The maximum Gasteiger partial charge on any atom is 0.123 e. The van der Waals surface area contributed by atoms with E-state index in [0.717, 1.165) is 25.3 Å². The Morgan fingerprint density at radius 3 is 2.80 bits per heavy atom. The summed E-state index contributed by atoms with van der Waals surface area (Å²) in [5.74, 6) is 0.941. The molecule has 1 aromatic carbocycles. The van der Waals surface area contributed by atoms with Gasteiger partial charge in [0, 0.05) is 25.2 Å². The molecule has 1 rings (SSSR count). The lowest BCUT2D eigenvalue weighted by atomic mass is 10.1. The zero-order valence-corrected chi connectivity index (χ0v) is 9.55. The third-order valence-electron chi connectivity index (χ3n) is 2.39. The van der Waals surface area contributed by atoms with Gasteiger partial charge in [-0.1, -0.05) is 19.1 Å². The molecule has 0 unspecified atom stereocenters. The van der Waals surface area contributed by atoms with E-state index in [1.54, 1.807) is 7.11 Å². The SMILES string of the molecule is CCc1ccc(OC)c(CNCCN)c1. The molecule has 0 aromatic heterocycles. The van der Waals surface area contributed by atoms with Crippen molar-refractivity contribution in [1.29, 1.82) is 0 Å². The molecule has 84 valence electrons. The number of hydrogen-bond acceptors (Lipinski definition) is 3. The molecule has 0 aliphatic rings. The van der Waals surface area contributed by atoms with Crippen molar-refractivity contribution in [2.75, 3.05) is 20.2 Å². The van der Waals surface area contributed by atoms with Gasteiger partial charge in [0.2, 0.25) is 0 Å². The number of aryl methyl sites for hydroxylation is 1. The molecular weight excluding hydrogens is 188 g/mol. The van der Waals surface area contributed by atoms with Crippen LogP contribution in [0.5, 0.6) is 5.75 Å². The fourth-order valence-electron chi connectivity index (χ4n) is 1.52. The maximum absolute atomic E-state index is 5.43. The topological polar surface area (TPSA) is 47.3 Å². The van der Waals surface area contributed by atoms with Crippen LogP contribution < -0.4 is 15.8 Å². The van der Waals surface area contributed by atoms with Crippen LogP contribution in [0.2, 0.25) is 0 Å². The molecule has 0 spiro atoms. The van der Waals surface area contributed by atoms with Gasteiger partial charge in [-0.3, -0.25) is 0 Å². The highest BCUT2D eigenvalue weighted by atomic mass is 16.5. The van der Waals surface area contributed by atoms with E-state index in [2.05, 4.69) is 24.4 Å². The van der Waals surface area contributed by atoms with E-state index in [4.69, 9.17) is 10.5 Å². The van der Waals surface area contributed by atoms with Crippen LogP contribution >= 0.6 is 0 Å². The summed E-state index contributed by atoms with van der Waals surface area (Å²) in [5, 5.41) is 3.27. The highest BCUT2D eigenvalue weighted by molar-refractivity contribution is 5.37. The molecule has 0 radical (unpaired) electrons. The first-order valence-corrected chi connectivity index (χ1v) is 5.38. The largest absolute Gasteiger partial charge is 0.496 e. The Hall–Kier alpha value is -1.06. The number of rotatable bonds is 6. The fraction of sp³-hybridized carbons (Fsp3) is 0.500. The van der Waals surface area contributed by atoms with E-state index in [1.807, 2.05) is 6.07 Å². The lowest BCUT2D eigenvalue weighted by molar-refractivity contribution is 0.407. The third-order valence-corrected chi connectivity index (χ3v) is 2.39. The van der Waals surface area contributed by atoms with Crippen LogP contribution in [0.1, 0.15) is 18.1 Å². The highest BCUT2D eigenvalue weighted by Crippen LogP contribution is 2.19. The monoisotopic (exact) mass is 208 g/mol. The molecule has 0 bridgehead atoms. The molecule has 0 amide bonds. The van der Waals surface area contributed by atoms with Crippen LogP contribution in [0.4, 0.5) is 0 Å². The Morgan fingerprint density at radius 1 is 1.40 bits per heavy atom. The van der Waals surface area contributed by atoms with Gasteiger partial charge in [0.05, 0.1) is 7.11 Å². The van der Waals surface area contributed by atoms with E-state index in [0.29, 0.717) is 6.54 Å². The summed E-state index contributed by atoms with van der Waals surface area (Å²) in [6.07, 6.45) is 1.05. The second-order valence-corrected chi connectivity index (χ2v) is 3.47. The lowest BCUT2D eigenvalue weighted by Gasteiger charge is -2.10. The van der Waals surface area contributed by atoms with Crippen molar-refractivity contribution < 1.29 is 4.74 Å². The molecule has 0 saturated carbocycles. The molecule has 3 N–H and O–H groups in total. The summed E-state index contributed by atoms with van der Waals surface area (Å²) in [4.78, 5) is 0. The van der Waals surface area contributed by atoms with Gasteiger partial charge in [0.25, 0.3) is 0 Å². The quantitative estimate of drug-likeness (QED) is 0.693. The normalized spacial score (nSPS) is 10.3. The predicted molar refractivity (Wildman–Crippen MR) is 63.1 cm³/mol. The van der Waals surface area contributed by atoms with Crippen molar-refractivity contribution in [2.45, 2.75) is 19.9 Å². The van der Waals surface area contributed by atoms with E-state index in [-0.39, 0.29) is 0 Å². The van der Waals surface area contributed by atoms with Crippen LogP contribution in [0.25, 0.3) is 0 Å². The first-order chi connectivity index (χ1) is 7.31. The van der Waals surface area contributed by atoms with Gasteiger partial charge in [-0.15, -0.1) is 0 Å². The Morgan fingerprint density at radius 2 is 2.20 bits per heavy atom. The van der Waals surface area contributed by atoms with Gasteiger partial charge < -0.3 is 15.8 Å². The Balaban J connectivity index is 2.72. The predicted octanol–water partition coefficient (Wildman–Crippen LogP) is 1.31. The van der Waals surface area contributed by atoms with Crippen molar-refractivity contribution in [1.82, 2.24) is 5.32 Å². The minimum atomic E-state index is 0.662. The number of ether oxygens (including phenoxy) is 1. The van der Waals surface area contributed by atoms with E-state index < -0.39 is 0 Å². The van der Waals surface area contributed by atoms with Crippen molar-refractivity contribution >= 4 is 0 Å². The summed E-state index contributed by atoms with van der Waals surface area (Å²) in [5.41, 5.74) is 7.96. The number of benzene rings is 1. The van der Waals surface area contributed by atoms with E-state index in [1.165, 1.54) is 11.1 Å². The second kappa shape index (κ2) is 6.43. The summed E-state index contributed by atoms with van der Waals surface area (Å²) in [7, 11) is 1.70. The van der Waals surface area contributed by atoms with Gasteiger partial charge in [-0.05, 0) is 18.1 Å². The van der Waals surface area contributed by atoms with Crippen molar-refractivity contribution in [3.8, 4) is 5.75 Å². The Kier molecular flexibility index (Phi) is 5.15. The van der Waals surface area contributed by atoms with Crippen LogP contribution in [0, 0.1) is 0 Å². The van der Waals surface area contributed by atoms with Crippen LogP contribution in [0.3, 0.4) is 0 Å². The highest BCUT2D eigenvalue weighted by Gasteiger charge is 2.02. The Bertz CT molecular complexity index is 300. The summed E-state index contributed by atoms with van der Waals surface area (Å²) >= 11 is 0. The van der Waals surface area contributed by atoms with E-state index in [9.17, 15) is 0 Å². The van der Waals surface area contributed by atoms with Crippen LogP contribution in [-0.4, -0.2) is 20.2 Å². The molecule has 0 heterocycles. The molecule has 0 fully saturated rings. The van der Waals surface area contributed by atoms with Crippen molar-refractivity contribution in [3.05, 3.63) is 29.3 Å². The zero-order chi connectivity index (χ0) is 11.1. The molecule has 0 saturated heterocycles. The van der Waals surface area contributed by atoms with Gasteiger partial charge in [0.1, 0.15) is 5.75 Å². The average Bonchev–Trinajstić information content (AvgIpc) is 2.29. The molecule has 3 heteroatoms. The first kappa shape index (κ1) is 12.0. The molecule has 0 aliphatic carbocycles.